The summed E-state index contributed by atoms with van der Waals surface area (Å²) in [7, 11) is -1.85. The van der Waals surface area contributed by atoms with E-state index in [1.165, 1.54) is 20.8 Å². The second-order valence-electron chi connectivity index (χ2n) is 5.26. The summed E-state index contributed by atoms with van der Waals surface area (Å²) in [6.07, 6.45) is 0. The number of hydrogen-bond donors (Lipinski definition) is 1. The van der Waals surface area contributed by atoms with E-state index >= 15 is 0 Å². The molecule has 0 bridgehead atoms. The maximum atomic E-state index is 14.2. The van der Waals surface area contributed by atoms with Crippen LogP contribution < -0.4 is 4.72 Å². The molecule has 0 spiro atoms. The lowest BCUT2D eigenvalue weighted by molar-refractivity contribution is -0.176. The molecule has 1 N–H and O–H groups in total. The summed E-state index contributed by atoms with van der Waals surface area (Å²) >= 11 is 0. The van der Waals surface area contributed by atoms with E-state index in [-0.39, 0.29) is 6.61 Å². The molecular formula is C15H21F2NO3S. The number of ether oxygens (including phenoxy) is 1. The van der Waals surface area contributed by atoms with Crippen LogP contribution in [0.25, 0.3) is 0 Å². The molecule has 1 rings (SSSR count). The highest BCUT2D eigenvalue weighted by atomic mass is 32.2. The minimum atomic E-state index is -3.76. The lowest BCUT2D eigenvalue weighted by Crippen LogP contribution is -2.54. The van der Waals surface area contributed by atoms with Crippen molar-refractivity contribution in [3.05, 3.63) is 29.8 Å². The van der Waals surface area contributed by atoms with Crippen LogP contribution in [0.3, 0.4) is 0 Å². The lowest BCUT2D eigenvalue weighted by atomic mass is 9.99. The van der Waals surface area contributed by atoms with Gasteiger partial charge in [-0.25, -0.2) is 13.7 Å². The molecule has 0 aromatic heterocycles. The van der Waals surface area contributed by atoms with E-state index in [9.17, 15) is 17.8 Å². The average molecular weight is 333 g/mol. The third-order valence-electron chi connectivity index (χ3n) is 3.07. The van der Waals surface area contributed by atoms with Crippen molar-refractivity contribution in [1.82, 2.24) is 4.72 Å². The number of aryl methyl sites for hydroxylation is 1. The molecule has 0 fully saturated rings. The zero-order valence-corrected chi connectivity index (χ0v) is 13.9. The topological polar surface area (TPSA) is 55.4 Å². The van der Waals surface area contributed by atoms with Crippen LogP contribution in [0, 0.1) is 12.8 Å². The highest BCUT2D eigenvalue weighted by molar-refractivity contribution is 7.83. The molecule has 2 atom stereocenters. The molecule has 1 aromatic rings. The molecule has 124 valence electrons. The highest BCUT2D eigenvalue weighted by Gasteiger charge is 2.50. The van der Waals surface area contributed by atoms with Gasteiger partial charge >= 0.3 is 11.9 Å². The predicted molar refractivity (Wildman–Crippen MR) is 80.9 cm³/mol. The lowest BCUT2D eigenvalue weighted by Gasteiger charge is -2.28. The van der Waals surface area contributed by atoms with Crippen molar-refractivity contribution in [2.75, 3.05) is 6.61 Å². The number of nitrogens with one attached hydrogen (secondary N) is 1. The van der Waals surface area contributed by atoms with Crippen molar-refractivity contribution < 1.29 is 22.5 Å². The minimum absolute atomic E-state index is 0.139. The van der Waals surface area contributed by atoms with Crippen LogP contribution in [0.15, 0.2) is 29.2 Å². The Balaban J connectivity index is 2.94. The van der Waals surface area contributed by atoms with Gasteiger partial charge in [-0.05, 0) is 31.9 Å². The summed E-state index contributed by atoms with van der Waals surface area (Å²) in [4.78, 5) is 11.8. The Morgan fingerprint density at radius 3 is 2.32 bits per heavy atom. The number of carbonyl (C=O) groups excluding carboxylic acids is 1. The number of halogens is 2. The van der Waals surface area contributed by atoms with E-state index in [0.29, 0.717) is 4.90 Å². The summed E-state index contributed by atoms with van der Waals surface area (Å²) in [5.41, 5.74) is 0.970. The van der Waals surface area contributed by atoms with Crippen LogP contribution in [0.5, 0.6) is 0 Å². The van der Waals surface area contributed by atoms with Gasteiger partial charge in [0.2, 0.25) is 0 Å². The molecule has 0 radical (unpaired) electrons. The number of benzene rings is 1. The third-order valence-corrected chi connectivity index (χ3v) is 4.24. The van der Waals surface area contributed by atoms with Gasteiger partial charge in [-0.2, -0.15) is 8.78 Å². The molecule has 1 unspecified atom stereocenters. The van der Waals surface area contributed by atoms with Gasteiger partial charge in [-0.15, -0.1) is 0 Å². The van der Waals surface area contributed by atoms with Crippen LogP contribution >= 0.6 is 0 Å². The van der Waals surface area contributed by atoms with Gasteiger partial charge in [0.05, 0.1) is 17.5 Å². The largest absolute Gasteiger partial charge is 0.462 e. The quantitative estimate of drug-likeness (QED) is 0.781. The van der Waals surface area contributed by atoms with Crippen LogP contribution in [-0.4, -0.2) is 28.7 Å². The summed E-state index contributed by atoms with van der Waals surface area (Å²) < 4.78 is 47.4. The molecule has 0 saturated heterocycles. The van der Waals surface area contributed by atoms with Gasteiger partial charge in [0.15, 0.2) is 0 Å². The Hall–Kier alpha value is -1.34. The van der Waals surface area contributed by atoms with E-state index in [1.54, 1.807) is 24.3 Å². The Kier molecular flexibility index (Phi) is 6.62. The van der Waals surface area contributed by atoms with Gasteiger partial charge in [0.25, 0.3) is 0 Å². The predicted octanol–water partition coefficient (Wildman–Crippen LogP) is 2.83. The number of hydrogen-bond acceptors (Lipinski definition) is 3. The van der Waals surface area contributed by atoms with Gasteiger partial charge in [-0.1, -0.05) is 31.5 Å². The van der Waals surface area contributed by atoms with Gasteiger partial charge in [0.1, 0.15) is 11.0 Å². The second kappa shape index (κ2) is 7.78. The molecule has 4 nitrogen and oxygen atoms in total. The smallest absolute Gasteiger partial charge is 0.378 e. The molecule has 1 aromatic carbocycles. The first-order chi connectivity index (χ1) is 10.2. The molecule has 22 heavy (non-hydrogen) atoms. The van der Waals surface area contributed by atoms with Crippen LogP contribution in [0.1, 0.15) is 26.3 Å². The third kappa shape index (κ3) is 4.58. The summed E-state index contributed by atoms with van der Waals surface area (Å²) in [6, 6.07) is 5.08. The van der Waals surface area contributed by atoms with Crippen molar-refractivity contribution >= 4 is 17.0 Å². The monoisotopic (exact) mass is 333 g/mol. The van der Waals surface area contributed by atoms with Crippen molar-refractivity contribution in [2.45, 2.75) is 44.6 Å². The molecule has 0 heterocycles. The van der Waals surface area contributed by atoms with Crippen molar-refractivity contribution in [3.63, 3.8) is 0 Å². The highest BCUT2D eigenvalue weighted by Crippen LogP contribution is 2.27. The van der Waals surface area contributed by atoms with E-state index < -0.39 is 34.8 Å². The first-order valence-corrected chi connectivity index (χ1v) is 8.14. The molecule has 0 saturated carbocycles. The standard InChI is InChI=1S/C15H21F2NO3S/c1-5-21-14(19)15(16,17)13(10(2)3)18-22(20)12-8-6-11(4)7-9-12/h6-10,13,18H,5H2,1-4H3/t13-,22?/m0/s1. The van der Waals surface area contributed by atoms with Crippen LogP contribution in [0.2, 0.25) is 0 Å². The van der Waals surface area contributed by atoms with Crippen molar-refractivity contribution in [3.8, 4) is 0 Å². The Morgan fingerprint density at radius 1 is 1.32 bits per heavy atom. The molecule has 0 aliphatic rings. The average Bonchev–Trinajstić information content (AvgIpc) is 2.44. The van der Waals surface area contributed by atoms with E-state index in [2.05, 4.69) is 9.46 Å². The SMILES string of the molecule is CCOC(=O)C(F)(F)[C@@H](NS(=O)c1ccc(C)cc1)C(C)C. The number of esters is 1. The van der Waals surface area contributed by atoms with Crippen LogP contribution in [0.4, 0.5) is 8.78 Å². The van der Waals surface area contributed by atoms with E-state index in [1.807, 2.05) is 6.92 Å². The van der Waals surface area contributed by atoms with E-state index in [0.717, 1.165) is 5.56 Å². The van der Waals surface area contributed by atoms with Crippen LogP contribution in [-0.2, 0) is 20.5 Å². The summed E-state index contributed by atoms with van der Waals surface area (Å²) in [6.45, 7) is 6.23. The molecule has 0 aliphatic heterocycles. The first-order valence-electron chi connectivity index (χ1n) is 6.99. The normalized spacial score (nSPS) is 14.7. The Labute approximate surface area is 131 Å². The van der Waals surface area contributed by atoms with Crippen molar-refractivity contribution in [1.29, 1.82) is 0 Å². The second-order valence-corrected chi connectivity index (χ2v) is 6.51. The molecule has 7 heteroatoms. The molecule has 0 aliphatic carbocycles. The Morgan fingerprint density at radius 2 is 1.86 bits per heavy atom. The fraction of sp³-hybridized carbons (Fsp3) is 0.533. The van der Waals surface area contributed by atoms with Crippen molar-refractivity contribution in [2.24, 2.45) is 5.92 Å². The molecular weight excluding hydrogens is 312 g/mol. The first kappa shape index (κ1) is 18.7. The number of rotatable bonds is 7. The summed E-state index contributed by atoms with van der Waals surface area (Å²) in [5.74, 6) is -5.99. The van der Waals surface area contributed by atoms with Gasteiger partial charge in [-0.3, -0.25) is 0 Å². The fourth-order valence-corrected chi connectivity index (χ4v) is 3.00. The maximum Gasteiger partial charge on any atom is 0.378 e. The van der Waals surface area contributed by atoms with Gasteiger partial charge in [0, 0.05) is 0 Å². The van der Waals surface area contributed by atoms with E-state index in [4.69, 9.17) is 0 Å². The number of alkyl halides is 2. The zero-order chi connectivity index (χ0) is 16.9. The maximum absolute atomic E-state index is 14.2. The zero-order valence-electron chi connectivity index (χ0n) is 13.1. The summed E-state index contributed by atoms with van der Waals surface area (Å²) in [5, 5.41) is 0. The number of carbonyl (C=O) groups is 1. The minimum Gasteiger partial charge on any atom is -0.462 e. The Bertz CT molecular complexity index is 532. The van der Waals surface area contributed by atoms with Gasteiger partial charge < -0.3 is 4.74 Å². The molecule has 0 amide bonds. The fourth-order valence-electron chi connectivity index (χ4n) is 1.83.